The average molecular weight is 310 g/mol. The van der Waals surface area contributed by atoms with Gasteiger partial charge in [-0.15, -0.1) is 0 Å². The monoisotopic (exact) mass is 309 g/mol. The maximum Gasteiger partial charge on any atom is 0.245 e. The van der Waals surface area contributed by atoms with E-state index in [-0.39, 0.29) is 17.9 Å². The summed E-state index contributed by atoms with van der Waals surface area (Å²) in [7, 11) is 0. The van der Waals surface area contributed by atoms with Gasteiger partial charge in [-0.2, -0.15) is 0 Å². The molecule has 1 aromatic carbocycles. The minimum atomic E-state index is -0.526. The summed E-state index contributed by atoms with van der Waals surface area (Å²) in [6.45, 7) is 5.16. The minimum absolute atomic E-state index is 0.0684. The van der Waals surface area contributed by atoms with Gasteiger partial charge in [0, 0.05) is 31.6 Å². The molecule has 1 heterocycles. The lowest BCUT2D eigenvalue weighted by molar-refractivity contribution is -0.138. The van der Waals surface area contributed by atoms with E-state index in [0.717, 1.165) is 12.1 Å². The number of benzene rings is 1. The zero-order valence-corrected chi connectivity index (χ0v) is 13.0. The third kappa shape index (κ3) is 3.95. The number of halogens is 1. The number of rotatable bonds is 3. The van der Waals surface area contributed by atoms with Crippen LogP contribution in [0.3, 0.4) is 0 Å². The van der Waals surface area contributed by atoms with E-state index >= 15 is 0 Å². The van der Waals surface area contributed by atoms with E-state index < -0.39 is 6.04 Å². The van der Waals surface area contributed by atoms with Gasteiger partial charge in [0.15, 0.2) is 0 Å². The van der Waals surface area contributed by atoms with Crippen LogP contribution in [0, 0.1) is 0 Å². The second-order valence-corrected chi connectivity index (χ2v) is 5.67. The van der Waals surface area contributed by atoms with Gasteiger partial charge in [-0.05, 0) is 24.6 Å². The molecule has 2 atom stereocenters. The van der Waals surface area contributed by atoms with Gasteiger partial charge < -0.3 is 15.5 Å². The van der Waals surface area contributed by atoms with Crippen LogP contribution in [0.4, 0.5) is 0 Å². The molecule has 114 valence electrons. The van der Waals surface area contributed by atoms with Gasteiger partial charge >= 0.3 is 0 Å². The molecule has 1 aromatic rings. The number of carbonyl (C=O) groups excluding carboxylic acids is 2. The fourth-order valence-electron chi connectivity index (χ4n) is 2.60. The molecule has 0 aliphatic carbocycles. The van der Waals surface area contributed by atoms with Crippen molar-refractivity contribution in [3.05, 3.63) is 34.9 Å². The molecule has 1 aliphatic rings. The van der Waals surface area contributed by atoms with Gasteiger partial charge in [-0.25, -0.2) is 0 Å². The maximum absolute atomic E-state index is 12.6. The highest BCUT2D eigenvalue weighted by Crippen LogP contribution is 2.25. The van der Waals surface area contributed by atoms with Crippen LogP contribution >= 0.6 is 11.6 Å². The third-order valence-corrected chi connectivity index (χ3v) is 3.79. The van der Waals surface area contributed by atoms with E-state index in [1.54, 1.807) is 6.92 Å². The van der Waals surface area contributed by atoms with E-state index in [4.69, 9.17) is 11.6 Å². The lowest BCUT2D eigenvalue weighted by Crippen LogP contribution is -2.54. The van der Waals surface area contributed by atoms with Crippen molar-refractivity contribution < 1.29 is 9.59 Å². The molecular weight excluding hydrogens is 290 g/mol. The van der Waals surface area contributed by atoms with Gasteiger partial charge in [0.1, 0.15) is 6.04 Å². The van der Waals surface area contributed by atoms with E-state index in [2.05, 4.69) is 10.6 Å². The molecule has 1 aliphatic heterocycles. The zero-order chi connectivity index (χ0) is 15.4. The summed E-state index contributed by atoms with van der Waals surface area (Å²) >= 11 is 6.04. The van der Waals surface area contributed by atoms with E-state index in [0.29, 0.717) is 18.1 Å². The first-order chi connectivity index (χ1) is 9.99. The van der Waals surface area contributed by atoms with Crippen molar-refractivity contribution in [1.82, 2.24) is 15.5 Å². The third-order valence-electron chi connectivity index (χ3n) is 3.55. The summed E-state index contributed by atoms with van der Waals surface area (Å²) < 4.78 is 0. The Bertz CT molecular complexity index is 535. The molecule has 5 nitrogen and oxygen atoms in total. The minimum Gasteiger partial charge on any atom is -0.345 e. The summed E-state index contributed by atoms with van der Waals surface area (Å²) in [6, 6.07) is 6.94. The number of amides is 2. The molecule has 0 bridgehead atoms. The number of hydrogen-bond donors (Lipinski definition) is 2. The standard InChI is InChI=1S/C15H20ClN3O2/c1-10(18-11(2)20)15(21)19-7-6-17-9-14(19)12-4-3-5-13(16)8-12/h3-5,8,10,14,17H,6-7,9H2,1-2H3,(H,18,20). The Morgan fingerprint density at radius 2 is 2.24 bits per heavy atom. The molecule has 2 rings (SSSR count). The largest absolute Gasteiger partial charge is 0.345 e. The van der Waals surface area contributed by atoms with Crippen LogP contribution in [0.25, 0.3) is 0 Å². The SMILES string of the molecule is CC(=O)NC(C)C(=O)N1CCNCC1c1cccc(Cl)c1. The van der Waals surface area contributed by atoms with Gasteiger partial charge in [0.05, 0.1) is 6.04 Å². The molecule has 2 unspecified atom stereocenters. The van der Waals surface area contributed by atoms with Crippen molar-refractivity contribution in [3.63, 3.8) is 0 Å². The molecule has 6 heteroatoms. The quantitative estimate of drug-likeness (QED) is 0.886. The summed E-state index contributed by atoms with van der Waals surface area (Å²) in [5.41, 5.74) is 0.998. The molecule has 1 saturated heterocycles. The van der Waals surface area contributed by atoms with Crippen molar-refractivity contribution >= 4 is 23.4 Å². The Balaban J connectivity index is 2.19. The highest BCUT2D eigenvalue weighted by Gasteiger charge is 2.30. The smallest absolute Gasteiger partial charge is 0.245 e. The molecular formula is C15H20ClN3O2. The molecule has 0 radical (unpaired) electrons. The van der Waals surface area contributed by atoms with Crippen LogP contribution in [0.1, 0.15) is 25.5 Å². The van der Waals surface area contributed by atoms with Crippen LogP contribution in [0.5, 0.6) is 0 Å². The number of carbonyl (C=O) groups is 2. The molecule has 21 heavy (non-hydrogen) atoms. The lowest BCUT2D eigenvalue weighted by atomic mass is 10.0. The Kier molecular flexibility index (Phi) is 5.20. The summed E-state index contributed by atoms with van der Waals surface area (Å²) in [5, 5.41) is 6.59. The van der Waals surface area contributed by atoms with Crippen LogP contribution in [0.2, 0.25) is 5.02 Å². The normalized spacial score (nSPS) is 20.0. The molecule has 0 spiro atoms. The Labute approximate surface area is 129 Å². The van der Waals surface area contributed by atoms with Crippen molar-refractivity contribution in [2.45, 2.75) is 25.9 Å². The maximum atomic E-state index is 12.6. The summed E-state index contributed by atoms with van der Waals surface area (Å²) in [5.74, 6) is -0.276. The number of nitrogens with zero attached hydrogens (tertiary/aromatic N) is 1. The van der Waals surface area contributed by atoms with Crippen LogP contribution < -0.4 is 10.6 Å². The fraction of sp³-hybridized carbons (Fsp3) is 0.467. The van der Waals surface area contributed by atoms with Crippen molar-refractivity contribution in [3.8, 4) is 0 Å². The first-order valence-electron chi connectivity index (χ1n) is 7.03. The van der Waals surface area contributed by atoms with Crippen molar-refractivity contribution in [2.75, 3.05) is 19.6 Å². The predicted molar refractivity (Wildman–Crippen MR) is 82.1 cm³/mol. The van der Waals surface area contributed by atoms with Crippen molar-refractivity contribution in [2.24, 2.45) is 0 Å². The Morgan fingerprint density at radius 1 is 1.48 bits per heavy atom. The predicted octanol–water partition coefficient (Wildman–Crippen LogP) is 1.34. The summed E-state index contributed by atoms with van der Waals surface area (Å²) in [4.78, 5) is 25.5. The van der Waals surface area contributed by atoms with Gasteiger partial charge in [0.2, 0.25) is 11.8 Å². The first kappa shape index (κ1) is 15.8. The highest BCUT2D eigenvalue weighted by atomic mass is 35.5. The van der Waals surface area contributed by atoms with Crippen LogP contribution in [-0.4, -0.2) is 42.4 Å². The van der Waals surface area contributed by atoms with E-state index in [9.17, 15) is 9.59 Å². The van der Waals surface area contributed by atoms with Crippen LogP contribution in [0.15, 0.2) is 24.3 Å². The topological polar surface area (TPSA) is 61.4 Å². The second-order valence-electron chi connectivity index (χ2n) is 5.23. The van der Waals surface area contributed by atoms with Gasteiger partial charge in [-0.3, -0.25) is 9.59 Å². The zero-order valence-electron chi connectivity index (χ0n) is 12.2. The first-order valence-corrected chi connectivity index (χ1v) is 7.40. The molecule has 2 N–H and O–H groups in total. The second kappa shape index (κ2) is 6.91. The fourth-order valence-corrected chi connectivity index (χ4v) is 2.79. The number of piperazine rings is 1. The van der Waals surface area contributed by atoms with Crippen molar-refractivity contribution in [1.29, 1.82) is 0 Å². The van der Waals surface area contributed by atoms with Gasteiger partial charge in [-0.1, -0.05) is 23.7 Å². The highest BCUT2D eigenvalue weighted by molar-refractivity contribution is 6.30. The Morgan fingerprint density at radius 3 is 2.90 bits per heavy atom. The van der Waals surface area contributed by atoms with E-state index in [1.807, 2.05) is 29.2 Å². The molecule has 2 amide bonds. The Hall–Kier alpha value is -1.59. The number of hydrogen-bond acceptors (Lipinski definition) is 3. The molecule has 0 saturated carbocycles. The average Bonchev–Trinajstić information content (AvgIpc) is 2.45. The lowest BCUT2D eigenvalue weighted by Gasteiger charge is -2.38. The van der Waals surface area contributed by atoms with Crippen LogP contribution in [-0.2, 0) is 9.59 Å². The molecule has 1 fully saturated rings. The molecule has 0 aromatic heterocycles. The van der Waals surface area contributed by atoms with E-state index in [1.165, 1.54) is 6.92 Å². The number of nitrogens with one attached hydrogen (secondary N) is 2. The van der Waals surface area contributed by atoms with Gasteiger partial charge in [0.25, 0.3) is 0 Å². The summed E-state index contributed by atoms with van der Waals surface area (Å²) in [6.07, 6.45) is 0.